The summed E-state index contributed by atoms with van der Waals surface area (Å²) >= 11 is 0. The molecule has 1 saturated carbocycles. The average Bonchev–Trinajstić information content (AvgIpc) is 3.25. The van der Waals surface area contributed by atoms with Gasteiger partial charge in [-0.25, -0.2) is 0 Å². The van der Waals surface area contributed by atoms with Crippen molar-refractivity contribution in [2.45, 2.75) is 32.0 Å². The monoisotopic (exact) mass is 292 g/mol. The van der Waals surface area contributed by atoms with E-state index in [0.717, 1.165) is 13.1 Å². The van der Waals surface area contributed by atoms with E-state index in [4.69, 9.17) is 0 Å². The molecule has 2 nitrogen and oxygen atoms in total. The zero-order valence-electron chi connectivity index (χ0n) is 13.0. The first kappa shape index (κ1) is 14.0. The fourth-order valence-corrected chi connectivity index (χ4v) is 3.82. The molecule has 4 rings (SSSR count). The van der Waals surface area contributed by atoms with Crippen molar-refractivity contribution in [2.75, 3.05) is 13.1 Å². The Balaban J connectivity index is 1.37. The highest BCUT2D eigenvalue weighted by atomic mass is 15.2. The molecule has 1 spiro atoms. The Morgan fingerprint density at radius 1 is 0.909 bits per heavy atom. The van der Waals surface area contributed by atoms with Gasteiger partial charge in [-0.05, 0) is 29.4 Å². The van der Waals surface area contributed by atoms with E-state index in [1.165, 1.54) is 37.1 Å². The number of nitrogens with one attached hydrogen (secondary N) is 1. The van der Waals surface area contributed by atoms with Crippen LogP contribution in [0.4, 0.5) is 0 Å². The van der Waals surface area contributed by atoms with Gasteiger partial charge in [0.15, 0.2) is 0 Å². The summed E-state index contributed by atoms with van der Waals surface area (Å²) < 4.78 is 0. The van der Waals surface area contributed by atoms with Crippen LogP contribution in [0.3, 0.4) is 0 Å². The lowest BCUT2D eigenvalue weighted by Gasteiger charge is -2.19. The molecular formula is C20H24N2. The molecule has 1 atom stereocenters. The van der Waals surface area contributed by atoms with E-state index in [1.807, 2.05) is 0 Å². The van der Waals surface area contributed by atoms with Crippen LogP contribution in [-0.4, -0.2) is 24.0 Å². The first-order valence-electron chi connectivity index (χ1n) is 8.38. The molecule has 1 heterocycles. The molecule has 22 heavy (non-hydrogen) atoms. The molecule has 0 bridgehead atoms. The zero-order valence-corrected chi connectivity index (χ0v) is 13.0. The standard InChI is InChI=1S/C20H24N2/c1-3-7-17(8-4-1)13-21-19-15-22(16-20(19)11-12-20)14-18-9-5-2-6-10-18/h1-10,19,21H,11-16H2. The Kier molecular flexibility index (Phi) is 3.73. The summed E-state index contributed by atoms with van der Waals surface area (Å²) in [5.41, 5.74) is 3.38. The third kappa shape index (κ3) is 2.94. The van der Waals surface area contributed by atoms with Crippen LogP contribution in [-0.2, 0) is 13.1 Å². The van der Waals surface area contributed by atoms with E-state index >= 15 is 0 Å². The van der Waals surface area contributed by atoms with Crippen LogP contribution in [0, 0.1) is 5.41 Å². The Bertz CT molecular complexity index is 604. The smallest absolute Gasteiger partial charge is 0.0266 e. The Morgan fingerprint density at radius 3 is 2.18 bits per heavy atom. The molecule has 2 aliphatic rings. The van der Waals surface area contributed by atoms with Crippen molar-refractivity contribution in [2.24, 2.45) is 5.41 Å². The average molecular weight is 292 g/mol. The quantitative estimate of drug-likeness (QED) is 0.908. The molecule has 1 unspecified atom stereocenters. The molecule has 1 saturated heterocycles. The second kappa shape index (κ2) is 5.86. The number of hydrogen-bond acceptors (Lipinski definition) is 2. The summed E-state index contributed by atoms with van der Waals surface area (Å²) in [6.45, 7) is 4.52. The van der Waals surface area contributed by atoms with Gasteiger partial charge in [0.05, 0.1) is 0 Å². The van der Waals surface area contributed by atoms with Gasteiger partial charge in [-0.1, -0.05) is 60.7 Å². The van der Waals surface area contributed by atoms with Crippen molar-refractivity contribution in [3.05, 3.63) is 71.8 Å². The minimum absolute atomic E-state index is 0.559. The summed E-state index contributed by atoms with van der Waals surface area (Å²) in [6, 6.07) is 22.3. The summed E-state index contributed by atoms with van der Waals surface area (Å²) in [5.74, 6) is 0. The first-order valence-corrected chi connectivity index (χ1v) is 8.38. The third-order valence-corrected chi connectivity index (χ3v) is 5.26. The van der Waals surface area contributed by atoms with Crippen LogP contribution in [0.5, 0.6) is 0 Å². The van der Waals surface area contributed by atoms with Crippen LogP contribution in [0.15, 0.2) is 60.7 Å². The second-order valence-electron chi connectivity index (χ2n) is 6.94. The number of likely N-dealkylation sites (tertiary alicyclic amines) is 1. The molecule has 2 heteroatoms. The van der Waals surface area contributed by atoms with Gasteiger partial charge in [0.2, 0.25) is 0 Å². The van der Waals surface area contributed by atoms with Crippen LogP contribution in [0.1, 0.15) is 24.0 Å². The van der Waals surface area contributed by atoms with Gasteiger partial charge in [0, 0.05) is 32.2 Å². The zero-order chi connectivity index (χ0) is 14.8. The predicted octanol–water partition coefficient (Wildman–Crippen LogP) is 3.44. The second-order valence-corrected chi connectivity index (χ2v) is 6.94. The van der Waals surface area contributed by atoms with Gasteiger partial charge in [0.25, 0.3) is 0 Å². The maximum atomic E-state index is 3.82. The molecule has 114 valence electrons. The van der Waals surface area contributed by atoms with E-state index in [1.54, 1.807) is 0 Å². The van der Waals surface area contributed by atoms with E-state index in [9.17, 15) is 0 Å². The van der Waals surface area contributed by atoms with E-state index in [-0.39, 0.29) is 0 Å². The molecule has 0 aromatic heterocycles. The molecule has 1 N–H and O–H groups in total. The van der Waals surface area contributed by atoms with E-state index < -0.39 is 0 Å². The van der Waals surface area contributed by atoms with Crippen molar-refractivity contribution >= 4 is 0 Å². The van der Waals surface area contributed by atoms with Crippen molar-refractivity contribution < 1.29 is 0 Å². The largest absolute Gasteiger partial charge is 0.308 e. The van der Waals surface area contributed by atoms with Gasteiger partial charge in [0.1, 0.15) is 0 Å². The molecule has 2 aromatic rings. The number of hydrogen-bond donors (Lipinski definition) is 1. The third-order valence-electron chi connectivity index (χ3n) is 5.26. The van der Waals surface area contributed by atoms with Crippen molar-refractivity contribution in [1.82, 2.24) is 10.2 Å². The fraction of sp³-hybridized carbons (Fsp3) is 0.400. The maximum absolute atomic E-state index is 3.82. The minimum Gasteiger partial charge on any atom is -0.308 e. The van der Waals surface area contributed by atoms with Gasteiger partial charge < -0.3 is 5.32 Å². The van der Waals surface area contributed by atoms with Crippen LogP contribution < -0.4 is 5.32 Å². The molecule has 0 amide bonds. The lowest BCUT2D eigenvalue weighted by Crippen LogP contribution is -2.36. The molecular weight excluding hydrogens is 268 g/mol. The van der Waals surface area contributed by atoms with Crippen molar-refractivity contribution in [3.63, 3.8) is 0 Å². The molecule has 2 aromatic carbocycles. The highest BCUT2D eigenvalue weighted by molar-refractivity contribution is 5.18. The van der Waals surface area contributed by atoms with Crippen LogP contribution in [0.25, 0.3) is 0 Å². The lowest BCUT2D eigenvalue weighted by atomic mass is 10.0. The lowest BCUT2D eigenvalue weighted by molar-refractivity contribution is 0.311. The molecule has 1 aliphatic heterocycles. The van der Waals surface area contributed by atoms with Crippen molar-refractivity contribution in [1.29, 1.82) is 0 Å². The summed E-state index contributed by atoms with van der Waals surface area (Å²) in [7, 11) is 0. The van der Waals surface area contributed by atoms with E-state index in [0.29, 0.717) is 11.5 Å². The number of rotatable bonds is 5. The van der Waals surface area contributed by atoms with Crippen LogP contribution >= 0.6 is 0 Å². The number of benzene rings is 2. The highest BCUT2D eigenvalue weighted by Gasteiger charge is 2.54. The molecule has 1 aliphatic carbocycles. The van der Waals surface area contributed by atoms with Gasteiger partial charge in [-0.2, -0.15) is 0 Å². The molecule has 2 fully saturated rings. The normalized spacial score (nSPS) is 23.0. The Labute approximate surface area is 133 Å². The Hall–Kier alpha value is -1.64. The highest BCUT2D eigenvalue weighted by Crippen LogP contribution is 2.53. The number of nitrogens with zero attached hydrogens (tertiary/aromatic N) is 1. The van der Waals surface area contributed by atoms with Gasteiger partial charge in [-0.3, -0.25) is 4.90 Å². The Morgan fingerprint density at radius 2 is 1.55 bits per heavy atom. The SMILES string of the molecule is c1ccc(CNC2CN(Cc3ccccc3)CC23CC3)cc1. The topological polar surface area (TPSA) is 15.3 Å². The van der Waals surface area contributed by atoms with Gasteiger partial charge in [-0.15, -0.1) is 0 Å². The fourth-order valence-electron chi connectivity index (χ4n) is 3.82. The van der Waals surface area contributed by atoms with Crippen LogP contribution in [0.2, 0.25) is 0 Å². The summed E-state index contributed by atoms with van der Waals surface area (Å²) in [4.78, 5) is 2.63. The van der Waals surface area contributed by atoms with E-state index in [2.05, 4.69) is 70.9 Å². The van der Waals surface area contributed by atoms with Gasteiger partial charge >= 0.3 is 0 Å². The predicted molar refractivity (Wildman–Crippen MR) is 90.5 cm³/mol. The molecule has 0 radical (unpaired) electrons. The summed E-state index contributed by atoms with van der Waals surface area (Å²) in [5, 5.41) is 3.82. The van der Waals surface area contributed by atoms with Crippen molar-refractivity contribution in [3.8, 4) is 0 Å². The minimum atomic E-state index is 0.559. The summed E-state index contributed by atoms with van der Waals surface area (Å²) in [6.07, 6.45) is 2.79. The maximum Gasteiger partial charge on any atom is 0.0266 e. The first-order chi connectivity index (χ1) is 10.8.